The monoisotopic (exact) mass is 298 g/mol. The summed E-state index contributed by atoms with van der Waals surface area (Å²) in [5, 5.41) is 0. The lowest BCUT2D eigenvalue weighted by molar-refractivity contribution is -0.134. The smallest absolute Gasteiger partial charge is 0.310 e. The Morgan fingerprint density at radius 3 is 2.14 bits per heavy atom. The molecule has 0 aliphatic heterocycles. The SMILES string of the molecule is CCC(=O)Oc1ccc(-c2cc(F)c(F)c(F)c2)c(F)c1. The molecule has 0 N–H and O–H groups in total. The van der Waals surface area contributed by atoms with Crippen LogP contribution in [0.3, 0.4) is 0 Å². The Morgan fingerprint density at radius 2 is 1.62 bits per heavy atom. The summed E-state index contributed by atoms with van der Waals surface area (Å²) in [5.74, 6) is -5.85. The van der Waals surface area contributed by atoms with Gasteiger partial charge in [-0.15, -0.1) is 0 Å². The van der Waals surface area contributed by atoms with Crippen molar-refractivity contribution in [3.63, 3.8) is 0 Å². The molecule has 0 fully saturated rings. The first-order valence-electron chi connectivity index (χ1n) is 6.07. The zero-order chi connectivity index (χ0) is 15.6. The third-order valence-electron chi connectivity index (χ3n) is 2.76. The Bertz CT molecular complexity index is 675. The van der Waals surface area contributed by atoms with E-state index < -0.39 is 29.2 Å². The molecule has 0 aromatic heterocycles. The molecule has 2 rings (SSSR count). The maximum Gasteiger partial charge on any atom is 0.310 e. The number of hydrogen-bond acceptors (Lipinski definition) is 2. The number of ether oxygens (including phenoxy) is 1. The van der Waals surface area contributed by atoms with Gasteiger partial charge in [0.05, 0.1) is 0 Å². The average Bonchev–Trinajstić information content (AvgIpc) is 2.44. The zero-order valence-corrected chi connectivity index (χ0v) is 10.9. The fourth-order valence-corrected chi connectivity index (χ4v) is 1.71. The van der Waals surface area contributed by atoms with Crippen molar-refractivity contribution in [2.75, 3.05) is 0 Å². The van der Waals surface area contributed by atoms with E-state index in [4.69, 9.17) is 4.74 Å². The van der Waals surface area contributed by atoms with E-state index in [1.54, 1.807) is 6.92 Å². The number of benzene rings is 2. The van der Waals surface area contributed by atoms with Crippen LogP contribution in [0.25, 0.3) is 11.1 Å². The highest BCUT2D eigenvalue weighted by molar-refractivity contribution is 5.72. The summed E-state index contributed by atoms with van der Waals surface area (Å²) < 4.78 is 57.9. The molecule has 0 unspecified atom stereocenters. The van der Waals surface area contributed by atoms with E-state index in [2.05, 4.69) is 0 Å². The van der Waals surface area contributed by atoms with E-state index in [1.807, 2.05) is 0 Å². The van der Waals surface area contributed by atoms with Crippen molar-refractivity contribution in [2.24, 2.45) is 0 Å². The number of halogens is 4. The third kappa shape index (κ3) is 3.21. The van der Waals surface area contributed by atoms with E-state index in [1.165, 1.54) is 12.1 Å². The van der Waals surface area contributed by atoms with Crippen LogP contribution in [0.2, 0.25) is 0 Å². The molecule has 0 amide bonds. The van der Waals surface area contributed by atoms with E-state index in [9.17, 15) is 22.4 Å². The van der Waals surface area contributed by atoms with Gasteiger partial charge >= 0.3 is 5.97 Å². The predicted molar refractivity (Wildman–Crippen MR) is 67.6 cm³/mol. The summed E-state index contributed by atoms with van der Waals surface area (Å²) >= 11 is 0. The number of hydrogen-bond donors (Lipinski definition) is 0. The van der Waals surface area contributed by atoms with Crippen LogP contribution in [0.4, 0.5) is 17.6 Å². The van der Waals surface area contributed by atoms with Gasteiger partial charge in [-0.3, -0.25) is 4.79 Å². The number of esters is 1. The van der Waals surface area contributed by atoms with E-state index in [0.29, 0.717) is 12.1 Å². The Kier molecular flexibility index (Phi) is 4.26. The second-order valence-corrected chi connectivity index (χ2v) is 4.22. The second-order valence-electron chi connectivity index (χ2n) is 4.22. The standard InChI is InChI=1S/C15H10F4O2/c1-2-14(20)21-9-3-4-10(11(16)7-9)8-5-12(17)15(19)13(18)6-8/h3-7H,2H2,1H3. The molecular weight excluding hydrogens is 288 g/mol. The van der Waals surface area contributed by atoms with Crippen LogP contribution in [0.15, 0.2) is 30.3 Å². The lowest BCUT2D eigenvalue weighted by Crippen LogP contribution is -2.05. The molecule has 0 aliphatic rings. The molecule has 2 aromatic carbocycles. The van der Waals surface area contributed by atoms with Gasteiger partial charge in [0.1, 0.15) is 11.6 Å². The number of rotatable bonds is 3. The first kappa shape index (κ1) is 15.0. The van der Waals surface area contributed by atoms with E-state index in [0.717, 1.165) is 6.07 Å². The summed E-state index contributed by atoms with van der Waals surface area (Å²) in [6.45, 7) is 1.58. The molecule has 0 saturated heterocycles. The maximum absolute atomic E-state index is 13.9. The minimum absolute atomic E-state index is 0.0221. The molecular formula is C15H10F4O2. The Balaban J connectivity index is 2.39. The van der Waals surface area contributed by atoms with Crippen molar-refractivity contribution in [3.8, 4) is 16.9 Å². The highest BCUT2D eigenvalue weighted by Crippen LogP contribution is 2.28. The summed E-state index contributed by atoms with van der Waals surface area (Å²) in [6, 6.07) is 4.77. The topological polar surface area (TPSA) is 26.3 Å². The molecule has 0 aliphatic carbocycles. The number of carbonyl (C=O) groups excluding carboxylic acids is 1. The minimum Gasteiger partial charge on any atom is -0.426 e. The van der Waals surface area contributed by atoms with Crippen LogP contribution in [0.1, 0.15) is 13.3 Å². The van der Waals surface area contributed by atoms with Crippen molar-refractivity contribution >= 4 is 5.97 Å². The molecule has 0 bridgehead atoms. The van der Waals surface area contributed by atoms with Gasteiger partial charge in [-0.25, -0.2) is 17.6 Å². The van der Waals surface area contributed by atoms with Crippen molar-refractivity contribution in [1.82, 2.24) is 0 Å². The summed E-state index contributed by atoms with van der Waals surface area (Å²) in [6.07, 6.45) is 0.123. The molecule has 110 valence electrons. The largest absolute Gasteiger partial charge is 0.426 e. The van der Waals surface area contributed by atoms with Crippen LogP contribution >= 0.6 is 0 Å². The lowest BCUT2D eigenvalue weighted by atomic mass is 10.0. The molecule has 0 radical (unpaired) electrons. The molecule has 6 heteroatoms. The quantitative estimate of drug-likeness (QED) is 0.367. The second kappa shape index (κ2) is 5.95. The van der Waals surface area contributed by atoms with Gasteiger partial charge in [-0.1, -0.05) is 6.92 Å². The minimum atomic E-state index is -1.62. The summed E-state index contributed by atoms with van der Waals surface area (Å²) in [7, 11) is 0. The van der Waals surface area contributed by atoms with Crippen LogP contribution in [0, 0.1) is 23.3 Å². The normalized spacial score (nSPS) is 10.5. The zero-order valence-electron chi connectivity index (χ0n) is 10.9. The first-order valence-corrected chi connectivity index (χ1v) is 6.07. The molecule has 0 heterocycles. The molecule has 2 nitrogen and oxygen atoms in total. The van der Waals surface area contributed by atoms with Crippen molar-refractivity contribution in [3.05, 3.63) is 53.6 Å². The van der Waals surface area contributed by atoms with Gasteiger partial charge < -0.3 is 4.74 Å². The van der Waals surface area contributed by atoms with Crippen molar-refractivity contribution in [2.45, 2.75) is 13.3 Å². The Labute approximate surface area is 118 Å². The van der Waals surface area contributed by atoms with Crippen LogP contribution < -0.4 is 4.74 Å². The van der Waals surface area contributed by atoms with Crippen LogP contribution in [0.5, 0.6) is 5.75 Å². The van der Waals surface area contributed by atoms with Crippen LogP contribution in [-0.2, 0) is 4.79 Å². The summed E-state index contributed by atoms with van der Waals surface area (Å²) in [4.78, 5) is 11.1. The van der Waals surface area contributed by atoms with Gasteiger partial charge in [0, 0.05) is 18.1 Å². The molecule has 0 spiro atoms. The number of carbonyl (C=O) groups is 1. The third-order valence-corrected chi connectivity index (χ3v) is 2.76. The Hall–Kier alpha value is -2.37. The fraction of sp³-hybridized carbons (Fsp3) is 0.133. The van der Waals surface area contributed by atoms with Gasteiger partial charge in [0.15, 0.2) is 17.5 Å². The van der Waals surface area contributed by atoms with Gasteiger partial charge in [0.2, 0.25) is 0 Å². The van der Waals surface area contributed by atoms with Crippen molar-refractivity contribution < 1.29 is 27.1 Å². The van der Waals surface area contributed by atoms with Gasteiger partial charge in [-0.2, -0.15) is 0 Å². The van der Waals surface area contributed by atoms with Gasteiger partial charge in [-0.05, 0) is 29.8 Å². The highest BCUT2D eigenvalue weighted by atomic mass is 19.2. The van der Waals surface area contributed by atoms with Gasteiger partial charge in [0.25, 0.3) is 0 Å². The van der Waals surface area contributed by atoms with E-state index in [-0.39, 0.29) is 23.3 Å². The van der Waals surface area contributed by atoms with E-state index >= 15 is 0 Å². The highest BCUT2D eigenvalue weighted by Gasteiger charge is 2.15. The predicted octanol–water partition coefficient (Wildman–Crippen LogP) is 4.23. The molecule has 0 atom stereocenters. The average molecular weight is 298 g/mol. The molecule has 2 aromatic rings. The molecule has 21 heavy (non-hydrogen) atoms. The lowest BCUT2D eigenvalue weighted by Gasteiger charge is -2.08. The maximum atomic E-state index is 13.9. The van der Waals surface area contributed by atoms with Crippen LogP contribution in [-0.4, -0.2) is 5.97 Å². The Morgan fingerprint density at radius 1 is 1.00 bits per heavy atom. The first-order chi connectivity index (χ1) is 9.92. The fourth-order valence-electron chi connectivity index (χ4n) is 1.71. The van der Waals surface area contributed by atoms with Crippen molar-refractivity contribution in [1.29, 1.82) is 0 Å². The molecule has 0 saturated carbocycles. The summed E-state index contributed by atoms with van der Waals surface area (Å²) in [5.41, 5.74) is -0.290.